The maximum Gasteiger partial charge on any atom is 0.307 e. The van der Waals surface area contributed by atoms with Crippen LogP contribution in [0.25, 0.3) is 10.2 Å². The summed E-state index contributed by atoms with van der Waals surface area (Å²) in [5.41, 5.74) is 3.14. The summed E-state index contributed by atoms with van der Waals surface area (Å²) in [6.07, 6.45) is 0.0731. The van der Waals surface area contributed by atoms with Gasteiger partial charge in [0.1, 0.15) is 11.3 Å². The number of hydrogen-bond donors (Lipinski definition) is 1. The number of thiazole rings is 1. The van der Waals surface area contributed by atoms with Crippen LogP contribution in [0.1, 0.15) is 33.1 Å². The second-order valence-electron chi connectivity index (χ2n) is 6.05. The third-order valence-corrected chi connectivity index (χ3v) is 5.39. The molecule has 8 heteroatoms. The zero-order valence-corrected chi connectivity index (χ0v) is 15.1. The predicted octanol–water partition coefficient (Wildman–Crippen LogP) is 4.25. The van der Waals surface area contributed by atoms with E-state index in [4.69, 9.17) is 5.11 Å². The monoisotopic (exact) mass is 380 g/mol. The van der Waals surface area contributed by atoms with E-state index in [0.717, 1.165) is 22.5 Å². The molecule has 136 valence electrons. The van der Waals surface area contributed by atoms with Crippen molar-refractivity contribution in [1.29, 1.82) is 0 Å². The fraction of sp³-hybridized carbons (Fsp3) is 0.278. The average molecular weight is 380 g/mol. The Bertz CT molecular complexity index is 1050. The molecule has 1 N–H and O–H groups in total. The van der Waals surface area contributed by atoms with Gasteiger partial charge in [0.2, 0.25) is 0 Å². The first kappa shape index (κ1) is 18.3. The van der Waals surface area contributed by atoms with Gasteiger partial charge in [-0.2, -0.15) is 0 Å². The van der Waals surface area contributed by atoms with E-state index in [1.54, 1.807) is 20.8 Å². The number of carboxylic acid groups (broad SMARTS) is 1. The maximum absolute atomic E-state index is 13.9. The fourth-order valence-corrected chi connectivity index (χ4v) is 4.02. The van der Waals surface area contributed by atoms with E-state index in [2.05, 4.69) is 9.97 Å². The molecule has 0 unspecified atom stereocenters. The molecule has 2 heterocycles. The molecule has 1 aromatic carbocycles. The van der Waals surface area contributed by atoms with Crippen molar-refractivity contribution in [3.05, 3.63) is 56.6 Å². The van der Waals surface area contributed by atoms with Crippen molar-refractivity contribution in [2.24, 2.45) is 0 Å². The van der Waals surface area contributed by atoms with Gasteiger partial charge in [0.25, 0.3) is 0 Å². The minimum Gasteiger partial charge on any atom is -0.481 e. The Hall–Kier alpha value is -2.48. The molecule has 4 nitrogen and oxygen atoms in total. The van der Waals surface area contributed by atoms with Gasteiger partial charge in [0, 0.05) is 23.9 Å². The van der Waals surface area contributed by atoms with E-state index < -0.39 is 23.4 Å². The number of benzene rings is 1. The Morgan fingerprint density at radius 3 is 2.38 bits per heavy atom. The summed E-state index contributed by atoms with van der Waals surface area (Å²) in [6, 6.07) is 0.508. The van der Waals surface area contributed by atoms with Crippen LogP contribution in [0.3, 0.4) is 0 Å². The third kappa shape index (κ3) is 3.16. The topological polar surface area (TPSA) is 63.1 Å². The summed E-state index contributed by atoms with van der Waals surface area (Å²) < 4.78 is 41.1. The zero-order valence-electron chi connectivity index (χ0n) is 14.3. The van der Waals surface area contributed by atoms with Crippen molar-refractivity contribution in [1.82, 2.24) is 9.97 Å². The molecule has 3 aromatic rings. The predicted molar refractivity (Wildman–Crippen MR) is 92.1 cm³/mol. The summed E-state index contributed by atoms with van der Waals surface area (Å²) in [5, 5.41) is 9.50. The van der Waals surface area contributed by atoms with Crippen molar-refractivity contribution in [2.45, 2.75) is 33.6 Å². The lowest BCUT2D eigenvalue weighted by Gasteiger charge is -2.14. The molecule has 0 radical (unpaired) electrons. The van der Waals surface area contributed by atoms with E-state index in [9.17, 15) is 18.0 Å². The average Bonchev–Trinajstić information content (AvgIpc) is 2.98. The van der Waals surface area contributed by atoms with Gasteiger partial charge in [-0.05, 0) is 37.5 Å². The summed E-state index contributed by atoms with van der Waals surface area (Å²) in [7, 11) is 0. The number of rotatable bonds is 4. The highest BCUT2D eigenvalue weighted by atomic mass is 32.1. The number of aromatic nitrogens is 2. The van der Waals surface area contributed by atoms with Crippen LogP contribution in [0.4, 0.5) is 13.2 Å². The van der Waals surface area contributed by atoms with Gasteiger partial charge < -0.3 is 5.11 Å². The molecule has 26 heavy (non-hydrogen) atoms. The first-order valence-electron chi connectivity index (χ1n) is 7.79. The first-order valence-corrected chi connectivity index (χ1v) is 8.61. The molecule has 0 aliphatic carbocycles. The number of aryl methyl sites for hydroxylation is 2. The summed E-state index contributed by atoms with van der Waals surface area (Å²) >= 11 is 0.946. The van der Waals surface area contributed by atoms with E-state index in [0.29, 0.717) is 28.0 Å². The van der Waals surface area contributed by atoms with E-state index in [-0.39, 0.29) is 23.1 Å². The normalized spacial score (nSPS) is 11.3. The number of halogens is 3. The van der Waals surface area contributed by atoms with Gasteiger partial charge in [0.15, 0.2) is 11.6 Å². The molecule has 0 spiro atoms. The lowest BCUT2D eigenvalue weighted by molar-refractivity contribution is -0.136. The van der Waals surface area contributed by atoms with Crippen molar-refractivity contribution in [3.63, 3.8) is 0 Å². The molecule has 3 rings (SSSR count). The Kier molecular flexibility index (Phi) is 4.70. The van der Waals surface area contributed by atoms with Crippen LogP contribution in [0.15, 0.2) is 6.07 Å². The molecule has 0 saturated carbocycles. The SMILES string of the molecule is Cc1nc(C)c(Cc2nc3c(F)c(F)cc(F)c3s2)c(C)c1CC(=O)O. The molecule has 0 bridgehead atoms. The van der Waals surface area contributed by atoms with Crippen LogP contribution < -0.4 is 0 Å². The van der Waals surface area contributed by atoms with E-state index in [1.807, 2.05) is 0 Å². The second-order valence-corrected chi connectivity index (χ2v) is 7.14. The Morgan fingerprint density at radius 2 is 1.73 bits per heavy atom. The van der Waals surface area contributed by atoms with Gasteiger partial charge in [-0.1, -0.05) is 0 Å². The van der Waals surface area contributed by atoms with Crippen molar-refractivity contribution in [3.8, 4) is 0 Å². The summed E-state index contributed by atoms with van der Waals surface area (Å²) in [5.74, 6) is -4.28. The quantitative estimate of drug-likeness (QED) is 0.688. The van der Waals surface area contributed by atoms with E-state index >= 15 is 0 Å². The van der Waals surface area contributed by atoms with Gasteiger partial charge in [-0.3, -0.25) is 9.78 Å². The lowest BCUT2D eigenvalue weighted by Crippen LogP contribution is -2.10. The van der Waals surface area contributed by atoms with Crippen LogP contribution in [-0.4, -0.2) is 21.0 Å². The Balaban J connectivity index is 2.09. The molecule has 0 atom stereocenters. The molecular weight excluding hydrogens is 365 g/mol. The largest absolute Gasteiger partial charge is 0.481 e. The number of fused-ring (bicyclic) bond motifs is 1. The fourth-order valence-electron chi connectivity index (χ4n) is 3.04. The molecule has 0 saturated heterocycles. The smallest absolute Gasteiger partial charge is 0.307 e. The minimum absolute atomic E-state index is 0.0416. The molecular formula is C18H15F3N2O2S. The highest BCUT2D eigenvalue weighted by Crippen LogP contribution is 2.31. The zero-order chi connectivity index (χ0) is 19.2. The van der Waals surface area contributed by atoms with Gasteiger partial charge >= 0.3 is 5.97 Å². The van der Waals surface area contributed by atoms with Crippen LogP contribution in [0, 0.1) is 38.2 Å². The van der Waals surface area contributed by atoms with E-state index in [1.165, 1.54) is 0 Å². The minimum atomic E-state index is -1.28. The number of hydrogen-bond acceptors (Lipinski definition) is 4. The standard InChI is InChI=1S/C18H15F3N2O2S/c1-7-10(8(2)22-9(3)11(7)5-15(24)25)4-14-23-17-16(21)12(19)6-13(20)18(17)26-14/h6H,4-5H2,1-3H3,(H,24,25). The number of nitrogens with zero attached hydrogens (tertiary/aromatic N) is 2. The molecule has 0 fully saturated rings. The second kappa shape index (κ2) is 6.68. The Labute approximate surface area is 151 Å². The van der Waals surface area contributed by atoms with Crippen LogP contribution in [0.5, 0.6) is 0 Å². The highest BCUT2D eigenvalue weighted by Gasteiger charge is 2.20. The number of pyridine rings is 1. The maximum atomic E-state index is 13.9. The highest BCUT2D eigenvalue weighted by molar-refractivity contribution is 7.18. The van der Waals surface area contributed by atoms with Crippen molar-refractivity contribution in [2.75, 3.05) is 0 Å². The van der Waals surface area contributed by atoms with Gasteiger partial charge in [-0.15, -0.1) is 11.3 Å². The molecule has 2 aromatic heterocycles. The van der Waals surface area contributed by atoms with Crippen molar-refractivity contribution >= 4 is 27.5 Å². The third-order valence-electron chi connectivity index (χ3n) is 4.33. The first-order chi connectivity index (χ1) is 12.2. The molecule has 0 aliphatic heterocycles. The van der Waals surface area contributed by atoms with Gasteiger partial charge in [-0.25, -0.2) is 18.2 Å². The van der Waals surface area contributed by atoms with Crippen molar-refractivity contribution < 1.29 is 23.1 Å². The van der Waals surface area contributed by atoms with Crippen LogP contribution in [0.2, 0.25) is 0 Å². The summed E-state index contributed by atoms with van der Waals surface area (Å²) in [6.45, 7) is 5.32. The number of carboxylic acids is 1. The lowest BCUT2D eigenvalue weighted by atomic mass is 9.96. The summed E-state index contributed by atoms with van der Waals surface area (Å²) in [4.78, 5) is 19.5. The Morgan fingerprint density at radius 1 is 1.08 bits per heavy atom. The van der Waals surface area contributed by atoms with Crippen LogP contribution in [-0.2, 0) is 17.6 Å². The molecule has 0 amide bonds. The molecule has 0 aliphatic rings. The number of carbonyl (C=O) groups is 1. The number of aliphatic carboxylic acids is 1. The van der Waals surface area contributed by atoms with Gasteiger partial charge in [0.05, 0.1) is 16.1 Å². The van der Waals surface area contributed by atoms with Crippen LogP contribution >= 0.6 is 11.3 Å².